The maximum Gasteiger partial charge on any atom is 0.135 e. The van der Waals surface area contributed by atoms with E-state index < -0.39 is 0 Å². The molecule has 1 rings (SSSR count). The molecule has 0 saturated heterocycles. The molecule has 21 heavy (non-hydrogen) atoms. The molecule has 1 heterocycles. The first kappa shape index (κ1) is 17.7. The van der Waals surface area contributed by atoms with Crippen molar-refractivity contribution in [1.29, 1.82) is 0 Å². The van der Waals surface area contributed by atoms with Crippen molar-refractivity contribution < 1.29 is 5.11 Å². The van der Waals surface area contributed by atoms with Crippen LogP contribution in [0.15, 0.2) is 0 Å². The fraction of sp³-hybridized carbons (Fsp3) is 0.750. The third-order valence-corrected chi connectivity index (χ3v) is 3.27. The van der Waals surface area contributed by atoms with Crippen LogP contribution in [0.25, 0.3) is 0 Å². The Hall–Kier alpha value is -1.36. The SMILES string of the molecule is CCNc1nc(C(C)C)nc(NCC(O)CC(C)C)c1C. The minimum Gasteiger partial charge on any atom is -0.391 e. The van der Waals surface area contributed by atoms with Gasteiger partial charge in [-0.2, -0.15) is 0 Å². The van der Waals surface area contributed by atoms with E-state index in [0.717, 1.165) is 36.0 Å². The second-order valence-electron chi connectivity index (χ2n) is 6.25. The van der Waals surface area contributed by atoms with Gasteiger partial charge in [0.25, 0.3) is 0 Å². The van der Waals surface area contributed by atoms with E-state index in [-0.39, 0.29) is 12.0 Å². The molecule has 0 aliphatic rings. The Morgan fingerprint density at radius 2 is 1.62 bits per heavy atom. The summed E-state index contributed by atoms with van der Waals surface area (Å²) in [6, 6.07) is 0. The molecule has 0 aliphatic heterocycles. The number of anilines is 2. The van der Waals surface area contributed by atoms with Gasteiger partial charge in [-0.3, -0.25) is 0 Å². The van der Waals surface area contributed by atoms with Gasteiger partial charge in [0, 0.05) is 24.6 Å². The number of hydrogen-bond donors (Lipinski definition) is 3. The Labute approximate surface area is 128 Å². The second kappa shape index (κ2) is 8.17. The molecule has 0 radical (unpaired) electrons. The van der Waals surface area contributed by atoms with Crippen LogP contribution in [-0.2, 0) is 0 Å². The first-order valence-corrected chi connectivity index (χ1v) is 7.89. The molecule has 5 heteroatoms. The van der Waals surface area contributed by atoms with Gasteiger partial charge in [-0.25, -0.2) is 9.97 Å². The van der Waals surface area contributed by atoms with E-state index in [4.69, 9.17) is 0 Å². The van der Waals surface area contributed by atoms with E-state index in [1.165, 1.54) is 0 Å². The lowest BCUT2D eigenvalue weighted by Gasteiger charge is -2.18. The summed E-state index contributed by atoms with van der Waals surface area (Å²) >= 11 is 0. The summed E-state index contributed by atoms with van der Waals surface area (Å²) in [5, 5.41) is 16.6. The van der Waals surface area contributed by atoms with E-state index >= 15 is 0 Å². The maximum atomic E-state index is 10.0. The fourth-order valence-corrected chi connectivity index (χ4v) is 2.15. The van der Waals surface area contributed by atoms with E-state index in [9.17, 15) is 5.11 Å². The van der Waals surface area contributed by atoms with Crippen molar-refractivity contribution in [2.24, 2.45) is 5.92 Å². The quantitative estimate of drug-likeness (QED) is 0.687. The molecule has 120 valence electrons. The molecule has 1 unspecified atom stereocenters. The largest absolute Gasteiger partial charge is 0.391 e. The molecule has 0 amide bonds. The van der Waals surface area contributed by atoms with Crippen LogP contribution in [0.5, 0.6) is 0 Å². The summed E-state index contributed by atoms with van der Waals surface area (Å²) in [7, 11) is 0. The van der Waals surface area contributed by atoms with Gasteiger partial charge in [0.05, 0.1) is 6.10 Å². The van der Waals surface area contributed by atoms with Gasteiger partial charge in [-0.05, 0) is 26.2 Å². The van der Waals surface area contributed by atoms with Crippen LogP contribution in [-0.4, -0.2) is 34.3 Å². The minimum absolute atomic E-state index is 0.268. The number of aromatic nitrogens is 2. The highest BCUT2D eigenvalue weighted by atomic mass is 16.3. The molecule has 0 spiro atoms. The van der Waals surface area contributed by atoms with Gasteiger partial charge in [0.2, 0.25) is 0 Å². The molecule has 1 atom stereocenters. The maximum absolute atomic E-state index is 10.0. The number of rotatable bonds is 8. The highest BCUT2D eigenvalue weighted by Gasteiger charge is 2.14. The molecule has 0 fully saturated rings. The number of aliphatic hydroxyl groups excluding tert-OH is 1. The van der Waals surface area contributed by atoms with Gasteiger partial charge >= 0.3 is 0 Å². The summed E-state index contributed by atoms with van der Waals surface area (Å²) in [6.45, 7) is 13.8. The molecular weight excluding hydrogens is 264 g/mol. The van der Waals surface area contributed by atoms with Gasteiger partial charge < -0.3 is 15.7 Å². The Morgan fingerprint density at radius 3 is 2.10 bits per heavy atom. The molecular formula is C16H30N4O. The normalized spacial score (nSPS) is 12.8. The molecule has 0 bridgehead atoms. The zero-order chi connectivity index (χ0) is 16.0. The lowest BCUT2D eigenvalue weighted by atomic mass is 10.1. The highest BCUT2D eigenvalue weighted by molar-refractivity contribution is 5.57. The first-order valence-electron chi connectivity index (χ1n) is 7.89. The van der Waals surface area contributed by atoms with Crippen LogP contribution in [0, 0.1) is 12.8 Å². The Morgan fingerprint density at radius 1 is 1.05 bits per heavy atom. The summed E-state index contributed by atoms with van der Waals surface area (Å²) < 4.78 is 0. The minimum atomic E-state index is -0.357. The molecule has 0 aliphatic carbocycles. The molecule has 1 aromatic rings. The number of nitrogens with zero attached hydrogens (tertiary/aromatic N) is 2. The monoisotopic (exact) mass is 294 g/mol. The first-order chi connectivity index (χ1) is 9.85. The van der Waals surface area contributed by atoms with E-state index in [0.29, 0.717) is 12.5 Å². The molecule has 0 aromatic carbocycles. The summed E-state index contributed by atoms with van der Waals surface area (Å²) in [5.74, 6) is 3.25. The van der Waals surface area contributed by atoms with E-state index in [1.54, 1.807) is 0 Å². The zero-order valence-corrected chi connectivity index (χ0v) is 14.2. The summed E-state index contributed by atoms with van der Waals surface area (Å²) in [6.07, 6.45) is 0.429. The zero-order valence-electron chi connectivity index (χ0n) is 14.2. The lowest BCUT2D eigenvalue weighted by Crippen LogP contribution is -2.23. The van der Waals surface area contributed by atoms with Crippen molar-refractivity contribution in [3.05, 3.63) is 11.4 Å². The Kier molecular flexibility index (Phi) is 6.89. The van der Waals surface area contributed by atoms with Crippen molar-refractivity contribution in [2.75, 3.05) is 23.7 Å². The van der Waals surface area contributed by atoms with Crippen LogP contribution >= 0.6 is 0 Å². The second-order valence-corrected chi connectivity index (χ2v) is 6.25. The van der Waals surface area contributed by atoms with Crippen LogP contribution in [0.3, 0.4) is 0 Å². The van der Waals surface area contributed by atoms with Crippen molar-refractivity contribution in [3.8, 4) is 0 Å². The molecule has 5 nitrogen and oxygen atoms in total. The molecule has 0 saturated carbocycles. The van der Waals surface area contributed by atoms with Crippen LogP contribution in [0.2, 0.25) is 0 Å². The number of hydrogen-bond acceptors (Lipinski definition) is 5. The Bertz CT molecular complexity index is 446. The van der Waals surface area contributed by atoms with Crippen molar-refractivity contribution >= 4 is 11.6 Å². The smallest absolute Gasteiger partial charge is 0.135 e. The number of nitrogens with one attached hydrogen (secondary N) is 2. The predicted octanol–water partition coefficient (Wildman–Crippen LogP) is 3.16. The van der Waals surface area contributed by atoms with Crippen molar-refractivity contribution in [3.63, 3.8) is 0 Å². The van der Waals surface area contributed by atoms with Gasteiger partial charge in [-0.15, -0.1) is 0 Å². The van der Waals surface area contributed by atoms with Crippen molar-refractivity contribution in [1.82, 2.24) is 9.97 Å². The molecule has 1 aromatic heterocycles. The fourth-order valence-electron chi connectivity index (χ4n) is 2.15. The van der Waals surface area contributed by atoms with Gasteiger partial charge in [0.1, 0.15) is 17.5 Å². The molecule has 3 N–H and O–H groups in total. The third kappa shape index (κ3) is 5.50. The summed E-state index contributed by atoms with van der Waals surface area (Å²) in [4.78, 5) is 9.17. The van der Waals surface area contributed by atoms with Crippen LogP contribution < -0.4 is 10.6 Å². The van der Waals surface area contributed by atoms with Crippen molar-refractivity contribution in [2.45, 2.75) is 60.0 Å². The topological polar surface area (TPSA) is 70.1 Å². The van der Waals surface area contributed by atoms with Crippen LogP contribution in [0.4, 0.5) is 11.6 Å². The van der Waals surface area contributed by atoms with Crippen LogP contribution in [0.1, 0.15) is 58.3 Å². The van der Waals surface area contributed by atoms with Gasteiger partial charge in [0.15, 0.2) is 0 Å². The van der Waals surface area contributed by atoms with E-state index in [1.807, 2.05) is 6.92 Å². The van der Waals surface area contributed by atoms with E-state index in [2.05, 4.69) is 55.2 Å². The predicted molar refractivity (Wildman–Crippen MR) is 89.0 cm³/mol. The standard InChI is InChI=1S/C16H30N4O/c1-7-17-15-12(6)16(20-14(19-15)11(4)5)18-9-13(21)8-10(2)3/h10-11,13,21H,7-9H2,1-6H3,(H2,17,18,19,20). The third-order valence-electron chi connectivity index (χ3n) is 3.27. The Balaban J connectivity index is 2.89. The average molecular weight is 294 g/mol. The highest BCUT2D eigenvalue weighted by Crippen LogP contribution is 2.23. The van der Waals surface area contributed by atoms with Gasteiger partial charge in [-0.1, -0.05) is 27.7 Å². The number of aliphatic hydroxyl groups is 1. The summed E-state index contributed by atoms with van der Waals surface area (Å²) in [5.41, 5.74) is 0.998. The lowest BCUT2D eigenvalue weighted by molar-refractivity contribution is 0.161. The average Bonchev–Trinajstić information content (AvgIpc) is 2.38.